The predicted molar refractivity (Wildman–Crippen MR) is 51.0 cm³/mol. The van der Waals surface area contributed by atoms with Gasteiger partial charge in [-0.25, -0.2) is 9.59 Å². The molecule has 16 heavy (non-hydrogen) atoms. The Morgan fingerprint density at radius 2 is 1.06 bits per heavy atom. The molecule has 84 valence electrons. The van der Waals surface area contributed by atoms with Crippen molar-refractivity contribution in [2.45, 2.75) is 0 Å². The van der Waals surface area contributed by atoms with Crippen molar-refractivity contribution in [3.8, 4) is 0 Å². The summed E-state index contributed by atoms with van der Waals surface area (Å²) >= 11 is 10.6. The second-order valence-electron chi connectivity index (χ2n) is 2.65. The molecule has 0 aromatic heterocycles. The van der Waals surface area contributed by atoms with Crippen LogP contribution < -0.4 is 0 Å². The molecule has 1 aliphatic carbocycles. The molecule has 0 fully saturated rings. The van der Waals surface area contributed by atoms with Gasteiger partial charge in [0.2, 0.25) is 11.6 Å². The van der Waals surface area contributed by atoms with Crippen molar-refractivity contribution in [2.75, 3.05) is 0 Å². The number of carboxylic acid groups (broad SMARTS) is 2. The molecule has 0 radical (unpaired) electrons. The van der Waals surface area contributed by atoms with Gasteiger partial charge in [0.15, 0.2) is 0 Å². The van der Waals surface area contributed by atoms with Gasteiger partial charge >= 0.3 is 11.9 Å². The van der Waals surface area contributed by atoms with Gasteiger partial charge in [-0.1, -0.05) is 23.2 Å². The lowest BCUT2D eigenvalue weighted by Crippen LogP contribution is -2.28. The Hall–Kier alpha value is -1.66. The van der Waals surface area contributed by atoms with Crippen molar-refractivity contribution in [1.82, 2.24) is 0 Å². The molecule has 8 heteroatoms. The number of rotatable bonds is 2. The van der Waals surface area contributed by atoms with E-state index in [1.54, 1.807) is 0 Å². The van der Waals surface area contributed by atoms with Crippen LogP contribution in [0.2, 0.25) is 0 Å². The third-order valence-electron chi connectivity index (χ3n) is 1.72. The topological polar surface area (TPSA) is 109 Å². The maximum absolute atomic E-state index is 11.3. The Morgan fingerprint density at radius 3 is 1.25 bits per heavy atom. The number of carboxylic acids is 2. The zero-order valence-corrected chi connectivity index (χ0v) is 8.80. The van der Waals surface area contributed by atoms with Crippen LogP contribution in [0, 0.1) is 0 Å². The van der Waals surface area contributed by atoms with Crippen molar-refractivity contribution < 1.29 is 29.4 Å². The number of hydrogen-bond acceptors (Lipinski definition) is 4. The second kappa shape index (κ2) is 4.07. The maximum atomic E-state index is 11.3. The Balaban J connectivity index is 3.58. The molecule has 1 rings (SSSR count). The minimum Gasteiger partial charge on any atom is -0.478 e. The van der Waals surface area contributed by atoms with Crippen LogP contribution in [0.25, 0.3) is 0 Å². The maximum Gasteiger partial charge on any atom is 0.340 e. The third kappa shape index (κ3) is 1.72. The normalized spacial score (nSPS) is 16.9. The molecule has 0 amide bonds. The SMILES string of the molecule is O=C(O)C1=C(C(=O)O)C(=O)C(Cl)=C(Cl)C1=O. The molecule has 0 spiro atoms. The van der Waals surface area contributed by atoms with Gasteiger partial charge < -0.3 is 10.2 Å². The summed E-state index contributed by atoms with van der Waals surface area (Å²) in [4.78, 5) is 43.9. The van der Waals surface area contributed by atoms with Crippen LogP contribution in [0.4, 0.5) is 0 Å². The smallest absolute Gasteiger partial charge is 0.340 e. The summed E-state index contributed by atoms with van der Waals surface area (Å²) in [7, 11) is 0. The number of aliphatic carboxylic acids is 2. The van der Waals surface area contributed by atoms with Gasteiger partial charge in [0, 0.05) is 0 Å². The molecule has 2 N–H and O–H groups in total. The Morgan fingerprint density at radius 1 is 0.812 bits per heavy atom. The number of Topliss-reactive ketones (excluding diaryl/α,β-unsaturated/α-hetero) is 2. The number of carbonyl (C=O) groups excluding carboxylic acids is 2. The average Bonchev–Trinajstić information content (AvgIpc) is 2.18. The quantitative estimate of drug-likeness (QED) is 0.548. The molecule has 0 atom stereocenters. The van der Waals surface area contributed by atoms with Gasteiger partial charge in [0.1, 0.15) is 21.2 Å². The first-order valence-corrected chi connectivity index (χ1v) is 4.40. The Labute approximate surface area is 97.7 Å². The summed E-state index contributed by atoms with van der Waals surface area (Å²) in [5, 5.41) is 15.7. The van der Waals surface area contributed by atoms with Gasteiger partial charge in [0.05, 0.1) is 0 Å². The van der Waals surface area contributed by atoms with Gasteiger partial charge in [-0.05, 0) is 0 Å². The molecule has 0 unspecified atom stereocenters. The van der Waals surface area contributed by atoms with Crippen LogP contribution in [-0.4, -0.2) is 33.7 Å². The van der Waals surface area contributed by atoms with Gasteiger partial charge in [-0.15, -0.1) is 0 Å². The lowest BCUT2D eigenvalue weighted by atomic mass is 9.94. The first-order chi connectivity index (χ1) is 7.29. The van der Waals surface area contributed by atoms with E-state index >= 15 is 0 Å². The lowest BCUT2D eigenvalue weighted by Gasteiger charge is -2.12. The number of carbonyl (C=O) groups is 4. The third-order valence-corrected chi connectivity index (χ3v) is 2.54. The number of allylic oxidation sites excluding steroid dienone is 2. The van der Waals surface area contributed by atoms with E-state index in [0.717, 1.165) is 0 Å². The van der Waals surface area contributed by atoms with E-state index in [9.17, 15) is 19.2 Å². The molecule has 0 aliphatic heterocycles. The van der Waals surface area contributed by atoms with E-state index in [2.05, 4.69) is 0 Å². The van der Waals surface area contributed by atoms with E-state index in [1.165, 1.54) is 0 Å². The molecule has 0 aromatic rings. The second-order valence-corrected chi connectivity index (χ2v) is 3.40. The fraction of sp³-hybridized carbons (Fsp3) is 0. The summed E-state index contributed by atoms with van der Waals surface area (Å²) in [5.74, 6) is -6.29. The highest BCUT2D eigenvalue weighted by molar-refractivity contribution is 6.62. The molecule has 1 aliphatic rings. The van der Waals surface area contributed by atoms with Crippen LogP contribution in [0.15, 0.2) is 21.2 Å². The summed E-state index contributed by atoms with van der Waals surface area (Å²) < 4.78 is 0. The van der Waals surface area contributed by atoms with Crippen LogP contribution in [-0.2, 0) is 19.2 Å². The number of halogens is 2. The monoisotopic (exact) mass is 264 g/mol. The first kappa shape index (κ1) is 12.4. The van der Waals surface area contributed by atoms with Crippen LogP contribution in [0.1, 0.15) is 0 Å². The summed E-state index contributed by atoms with van der Waals surface area (Å²) in [6.45, 7) is 0. The van der Waals surface area contributed by atoms with E-state index in [0.29, 0.717) is 0 Å². The minimum absolute atomic E-state index is 0.797. The molecule has 0 aromatic carbocycles. The predicted octanol–water partition coefficient (Wildman–Crippen LogP) is 0.293. The standard InChI is InChI=1S/C8H2Cl2O6/c9-3-4(10)6(12)2(8(15)16)1(5(3)11)7(13)14/h(H,13,14)(H,15,16). The van der Waals surface area contributed by atoms with Crippen LogP contribution in [0.3, 0.4) is 0 Å². The molecule has 0 heterocycles. The minimum atomic E-state index is -1.85. The van der Waals surface area contributed by atoms with Crippen molar-refractivity contribution in [1.29, 1.82) is 0 Å². The number of ketones is 2. The molecule has 0 saturated heterocycles. The van der Waals surface area contributed by atoms with Gasteiger partial charge in [-0.3, -0.25) is 9.59 Å². The average molecular weight is 265 g/mol. The Kier molecular flexibility index (Phi) is 3.16. The highest BCUT2D eigenvalue weighted by atomic mass is 35.5. The Bertz CT molecular complexity index is 455. The van der Waals surface area contributed by atoms with Crippen molar-refractivity contribution in [2.24, 2.45) is 0 Å². The molecular weight excluding hydrogens is 263 g/mol. The zero-order valence-electron chi connectivity index (χ0n) is 7.28. The summed E-state index contributed by atoms with van der Waals surface area (Å²) in [6, 6.07) is 0. The fourth-order valence-corrected chi connectivity index (χ4v) is 1.41. The summed E-state index contributed by atoms with van der Waals surface area (Å²) in [6.07, 6.45) is 0. The molecule has 0 bridgehead atoms. The van der Waals surface area contributed by atoms with Crippen LogP contribution in [0.5, 0.6) is 0 Å². The highest BCUT2D eigenvalue weighted by Crippen LogP contribution is 2.29. The molecular formula is C8H2Cl2O6. The highest BCUT2D eigenvalue weighted by Gasteiger charge is 2.39. The number of hydrogen-bond donors (Lipinski definition) is 2. The van der Waals surface area contributed by atoms with E-state index < -0.39 is 44.7 Å². The van der Waals surface area contributed by atoms with E-state index in [-0.39, 0.29) is 0 Å². The largest absolute Gasteiger partial charge is 0.478 e. The lowest BCUT2D eigenvalue weighted by molar-refractivity contribution is -0.138. The van der Waals surface area contributed by atoms with Crippen molar-refractivity contribution in [3.05, 3.63) is 21.2 Å². The van der Waals surface area contributed by atoms with Gasteiger partial charge in [-0.2, -0.15) is 0 Å². The van der Waals surface area contributed by atoms with Gasteiger partial charge in [0.25, 0.3) is 0 Å². The fourth-order valence-electron chi connectivity index (χ4n) is 1.05. The van der Waals surface area contributed by atoms with Crippen LogP contribution >= 0.6 is 23.2 Å². The van der Waals surface area contributed by atoms with Crippen molar-refractivity contribution in [3.63, 3.8) is 0 Å². The van der Waals surface area contributed by atoms with Crippen molar-refractivity contribution >= 4 is 46.7 Å². The zero-order chi connectivity index (χ0) is 12.6. The molecule has 6 nitrogen and oxygen atoms in total. The summed E-state index contributed by atoms with van der Waals surface area (Å²) in [5.41, 5.74) is -2.38. The molecule has 0 saturated carbocycles. The van der Waals surface area contributed by atoms with E-state index in [4.69, 9.17) is 33.4 Å². The van der Waals surface area contributed by atoms with E-state index in [1.807, 2.05) is 0 Å². The first-order valence-electron chi connectivity index (χ1n) is 3.64.